The summed E-state index contributed by atoms with van der Waals surface area (Å²) in [6.45, 7) is 3.14. The van der Waals surface area contributed by atoms with Crippen LogP contribution in [0.15, 0.2) is 36.7 Å². The maximum absolute atomic E-state index is 13.8. The molecule has 1 aromatic heterocycles. The number of carbonyl (C=O) groups is 2. The third kappa shape index (κ3) is 3.19. The molecule has 0 unspecified atom stereocenters. The topological polar surface area (TPSA) is 75.6 Å². The number of carbonyl (C=O) groups excluding carboxylic acids is 2. The highest BCUT2D eigenvalue weighted by molar-refractivity contribution is 5.94. The molecule has 2 amide bonds. The van der Waals surface area contributed by atoms with Crippen LogP contribution in [0.5, 0.6) is 6.01 Å². The molecule has 3 atom stereocenters. The van der Waals surface area contributed by atoms with E-state index < -0.39 is 0 Å². The number of halogens is 1. The second kappa shape index (κ2) is 7.18. The van der Waals surface area contributed by atoms with Crippen molar-refractivity contribution in [3.63, 3.8) is 0 Å². The fourth-order valence-electron chi connectivity index (χ4n) is 4.37. The Balaban J connectivity index is 1.57. The summed E-state index contributed by atoms with van der Waals surface area (Å²) in [6, 6.07) is 6.34. The maximum atomic E-state index is 13.8. The van der Waals surface area contributed by atoms with E-state index in [2.05, 4.69) is 9.97 Å². The number of hydrogen-bond acceptors (Lipinski definition) is 5. The molecule has 7 nitrogen and oxygen atoms in total. The van der Waals surface area contributed by atoms with E-state index in [1.54, 1.807) is 15.9 Å². The number of ether oxygens (including phenoxy) is 1. The van der Waals surface area contributed by atoms with Crippen molar-refractivity contribution in [1.82, 2.24) is 19.8 Å². The third-order valence-corrected chi connectivity index (χ3v) is 5.60. The van der Waals surface area contributed by atoms with E-state index in [9.17, 15) is 14.0 Å². The number of amides is 2. The van der Waals surface area contributed by atoms with Crippen molar-refractivity contribution >= 4 is 11.8 Å². The second-order valence-corrected chi connectivity index (χ2v) is 7.26. The molecule has 0 radical (unpaired) electrons. The van der Waals surface area contributed by atoms with Gasteiger partial charge in [-0.25, -0.2) is 14.4 Å². The van der Waals surface area contributed by atoms with Crippen molar-refractivity contribution in [3.8, 4) is 6.01 Å². The van der Waals surface area contributed by atoms with Crippen LogP contribution in [0.2, 0.25) is 0 Å². The highest BCUT2D eigenvalue weighted by Crippen LogP contribution is 2.45. The molecular weight excluding hydrogens is 363 g/mol. The van der Waals surface area contributed by atoms with Crippen LogP contribution in [0.25, 0.3) is 0 Å². The maximum Gasteiger partial charge on any atom is 0.316 e. The predicted octanol–water partition coefficient (Wildman–Crippen LogP) is 1.92. The molecule has 1 aromatic carbocycles. The summed E-state index contributed by atoms with van der Waals surface area (Å²) in [5.74, 6) is -0.297. The SMILES string of the molecule is COc1ncc(C(=O)N2C[C@@H]3CN(C(C)=O)[C@H](c4cccc(F)c4)[C@@H]3C2)cn1. The number of aromatic nitrogens is 2. The number of rotatable bonds is 3. The molecule has 0 spiro atoms. The summed E-state index contributed by atoms with van der Waals surface area (Å²) in [5, 5.41) is 0. The van der Waals surface area contributed by atoms with Gasteiger partial charge in [0.25, 0.3) is 5.91 Å². The Labute approximate surface area is 162 Å². The smallest absolute Gasteiger partial charge is 0.316 e. The highest BCUT2D eigenvalue weighted by atomic mass is 19.1. The normalized spacial score (nSPS) is 23.6. The van der Waals surface area contributed by atoms with Crippen LogP contribution in [0.4, 0.5) is 4.39 Å². The molecule has 3 heterocycles. The van der Waals surface area contributed by atoms with E-state index in [4.69, 9.17) is 4.74 Å². The quantitative estimate of drug-likeness (QED) is 0.808. The lowest BCUT2D eigenvalue weighted by molar-refractivity contribution is -0.130. The molecule has 0 N–H and O–H groups in total. The summed E-state index contributed by atoms with van der Waals surface area (Å²) >= 11 is 0. The fourth-order valence-corrected chi connectivity index (χ4v) is 4.37. The molecule has 2 fully saturated rings. The standard InChI is InChI=1S/C20H21FN4O3/c1-12(26)25-10-15-9-24(19(27)14-7-22-20(28-2)23-8-14)11-17(15)18(25)13-4-3-5-16(21)6-13/h3-8,15,17-18H,9-11H2,1-2H3/t15-,17-,18-/m1/s1. The Hall–Kier alpha value is -3.03. The monoisotopic (exact) mass is 384 g/mol. The van der Waals surface area contributed by atoms with Gasteiger partial charge in [0.2, 0.25) is 5.91 Å². The van der Waals surface area contributed by atoms with E-state index in [1.165, 1.54) is 38.6 Å². The van der Waals surface area contributed by atoms with Crippen molar-refractivity contribution in [2.24, 2.45) is 11.8 Å². The zero-order valence-corrected chi connectivity index (χ0v) is 15.7. The van der Waals surface area contributed by atoms with Gasteiger partial charge in [0.15, 0.2) is 0 Å². The van der Waals surface area contributed by atoms with Crippen molar-refractivity contribution in [2.75, 3.05) is 26.7 Å². The van der Waals surface area contributed by atoms with Crippen LogP contribution in [0.1, 0.15) is 28.9 Å². The van der Waals surface area contributed by atoms with Gasteiger partial charge in [0.1, 0.15) is 5.82 Å². The molecule has 146 valence electrons. The largest absolute Gasteiger partial charge is 0.467 e. The van der Waals surface area contributed by atoms with E-state index >= 15 is 0 Å². The Bertz CT molecular complexity index is 905. The zero-order valence-electron chi connectivity index (χ0n) is 15.7. The number of nitrogens with zero attached hydrogens (tertiary/aromatic N) is 4. The lowest BCUT2D eigenvalue weighted by atomic mass is 9.89. The molecule has 2 aliphatic rings. The summed E-state index contributed by atoms with van der Waals surface area (Å²) in [5.41, 5.74) is 1.16. The minimum atomic E-state index is -0.328. The lowest BCUT2D eigenvalue weighted by Crippen LogP contribution is -2.36. The minimum Gasteiger partial charge on any atom is -0.467 e. The summed E-state index contributed by atoms with van der Waals surface area (Å²) in [7, 11) is 1.46. The molecule has 0 saturated carbocycles. The average molecular weight is 384 g/mol. The molecule has 28 heavy (non-hydrogen) atoms. The van der Waals surface area contributed by atoms with Crippen LogP contribution >= 0.6 is 0 Å². The van der Waals surface area contributed by atoms with E-state index in [0.717, 1.165) is 5.56 Å². The van der Waals surface area contributed by atoms with Gasteiger partial charge in [-0.3, -0.25) is 9.59 Å². The van der Waals surface area contributed by atoms with Crippen molar-refractivity contribution < 1.29 is 18.7 Å². The number of likely N-dealkylation sites (tertiary alicyclic amines) is 2. The number of methoxy groups -OCH3 is 1. The van der Waals surface area contributed by atoms with E-state index in [1.807, 2.05) is 6.07 Å². The minimum absolute atomic E-state index is 0.0370. The van der Waals surface area contributed by atoms with Crippen LogP contribution in [-0.4, -0.2) is 58.3 Å². The number of hydrogen-bond donors (Lipinski definition) is 0. The second-order valence-electron chi connectivity index (χ2n) is 7.26. The first-order valence-electron chi connectivity index (χ1n) is 9.16. The van der Waals surface area contributed by atoms with Gasteiger partial charge in [-0.2, -0.15) is 0 Å². The summed E-state index contributed by atoms with van der Waals surface area (Å²) < 4.78 is 18.7. The van der Waals surface area contributed by atoms with Crippen molar-refractivity contribution in [2.45, 2.75) is 13.0 Å². The first-order valence-corrected chi connectivity index (χ1v) is 9.16. The highest BCUT2D eigenvalue weighted by Gasteiger charge is 2.49. The Morgan fingerprint density at radius 2 is 1.93 bits per heavy atom. The molecule has 2 aliphatic heterocycles. The Morgan fingerprint density at radius 1 is 1.18 bits per heavy atom. The molecule has 8 heteroatoms. The molecule has 4 rings (SSSR count). The first kappa shape index (κ1) is 18.3. The molecule has 0 aliphatic carbocycles. The molecule has 2 aromatic rings. The van der Waals surface area contributed by atoms with E-state index in [-0.39, 0.29) is 41.5 Å². The fraction of sp³-hybridized carbons (Fsp3) is 0.400. The van der Waals surface area contributed by atoms with Crippen LogP contribution in [0, 0.1) is 17.7 Å². The van der Waals surface area contributed by atoms with Gasteiger partial charge in [0.05, 0.1) is 18.7 Å². The third-order valence-electron chi connectivity index (χ3n) is 5.60. The van der Waals surface area contributed by atoms with Gasteiger partial charge < -0.3 is 14.5 Å². The van der Waals surface area contributed by atoms with Gasteiger partial charge in [0, 0.05) is 50.8 Å². The van der Waals surface area contributed by atoms with Crippen LogP contribution in [0.3, 0.4) is 0 Å². The Morgan fingerprint density at radius 3 is 2.57 bits per heavy atom. The van der Waals surface area contributed by atoms with Crippen LogP contribution < -0.4 is 4.74 Å². The summed E-state index contributed by atoms with van der Waals surface area (Å²) in [4.78, 5) is 36.6. The van der Waals surface area contributed by atoms with E-state index in [0.29, 0.717) is 25.2 Å². The van der Waals surface area contributed by atoms with Crippen LogP contribution in [-0.2, 0) is 4.79 Å². The Kier molecular flexibility index (Phi) is 4.70. The molecule has 2 saturated heterocycles. The van der Waals surface area contributed by atoms with Gasteiger partial charge in [-0.05, 0) is 17.7 Å². The summed E-state index contributed by atoms with van der Waals surface area (Å²) in [6.07, 6.45) is 2.91. The average Bonchev–Trinajstić information content (AvgIpc) is 3.25. The zero-order chi connectivity index (χ0) is 19.8. The van der Waals surface area contributed by atoms with Gasteiger partial charge in [-0.15, -0.1) is 0 Å². The number of benzene rings is 1. The van der Waals surface area contributed by atoms with Gasteiger partial charge >= 0.3 is 6.01 Å². The van der Waals surface area contributed by atoms with Gasteiger partial charge in [-0.1, -0.05) is 12.1 Å². The predicted molar refractivity (Wildman–Crippen MR) is 98.0 cm³/mol. The van der Waals surface area contributed by atoms with Crippen molar-refractivity contribution in [1.29, 1.82) is 0 Å². The van der Waals surface area contributed by atoms with Crippen molar-refractivity contribution in [3.05, 3.63) is 53.6 Å². The lowest BCUT2D eigenvalue weighted by Gasteiger charge is -2.29. The first-order chi connectivity index (χ1) is 13.5. The molecule has 0 bridgehead atoms. The number of fused-ring (bicyclic) bond motifs is 1. The molecular formula is C20H21FN4O3.